The predicted octanol–water partition coefficient (Wildman–Crippen LogP) is 1.77. The number of imide groups is 1. The molecule has 214 valence electrons. The summed E-state index contributed by atoms with van der Waals surface area (Å²) in [5, 5.41) is 0. The van der Waals surface area contributed by atoms with Crippen LogP contribution in [0.1, 0.15) is 39.5 Å². The van der Waals surface area contributed by atoms with Crippen LogP contribution in [0.3, 0.4) is 0 Å². The molecule has 1 aliphatic rings. The maximum Gasteiger partial charge on any atom is 0.308 e. The Kier molecular flexibility index (Phi) is 20.8. The molecule has 11 heteroatoms. The Hall–Kier alpha value is -1.89. The summed E-state index contributed by atoms with van der Waals surface area (Å²) in [7, 11) is 0. The number of hydrogen-bond acceptors (Lipinski definition) is 10. The molecule has 0 radical (unpaired) electrons. The van der Waals surface area contributed by atoms with E-state index >= 15 is 0 Å². The highest BCUT2D eigenvalue weighted by Gasteiger charge is 2.22. The first kappa shape index (κ1) is 33.1. The van der Waals surface area contributed by atoms with Gasteiger partial charge in [-0.05, 0) is 12.8 Å². The molecule has 0 fully saturated rings. The van der Waals surface area contributed by atoms with Gasteiger partial charge in [-0.3, -0.25) is 19.3 Å². The number of hydrogen-bond donors (Lipinski definition) is 0. The fourth-order valence-electron chi connectivity index (χ4n) is 3.27. The van der Waals surface area contributed by atoms with Gasteiger partial charge in [0.05, 0.1) is 91.7 Å². The summed E-state index contributed by atoms with van der Waals surface area (Å²) in [5.74, 6) is -0.749. The van der Waals surface area contributed by atoms with Crippen molar-refractivity contribution in [2.24, 2.45) is 5.92 Å². The van der Waals surface area contributed by atoms with Crippen LogP contribution in [0.25, 0.3) is 0 Å². The lowest BCUT2D eigenvalue weighted by molar-refractivity contribution is -0.150. The van der Waals surface area contributed by atoms with Crippen LogP contribution in [-0.2, 0) is 47.5 Å². The normalized spacial score (nSPS) is 14.1. The van der Waals surface area contributed by atoms with Crippen LogP contribution in [0.4, 0.5) is 0 Å². The molecule has 2 amide bonds. The fourth-order valence-corrected chi connectivity index (χ4v) is 3.27. The first-order valence-corrected chi connectivity index (χ1v) is 13.3. The minimum absolute atomic E-state index is 0.00829. The lowest BCUT2D eigenvalue weighted by atomic mass is 10.00. The van der Waals surface area contributed by atoms with Crippen LogP contribution in [0, 0.1) is 5.92 Å². The third-order valence-corrected chi connectivity index (χ3v) is 5.42. The van der Waals surface area contributed by atoms with Crippen molar-refractivity contribution in [1.29, 1.82) is 0 Å². The van der Waals surface area contributed by atoms with Gasteiger partial charge in [-0.25, -0.2) is 0 Å². The monoisotopic (exact) mass is 531 g/mol. The number of esters is 1. The van der Waals surface area contributed by atoms with E-state index in [0.717, 1.165) is 30.6 Å². The molecule has 1 unspecified atom stereocenters. The Bertz CT molecular complexity index is 625. The third-order valence-electron chi connectivity index (χ3n) is 5.42. The number of carbonyl (C=O) groups excluding carboxylic acids is 3. The molecule has 11 nitrogen and oxygen atoms in total. The molecule has 1 atom stereocenters. The van der Waals surface area contributed by atoms with Gasteiger partial charge in [-0.1, -0.05) is 26.7 Å². The smallest absolute Gasteiger partial charge is 0.308 e. The number of unbranched alkanes of at least 4 members (excludes halogenated alkanes) is 1. The Labute approximate surface area is 220 Å². The number of amides is 2. The second kappa shape index (κ2) is 23.2. The standard InChI is InChI=1S/C26H45NO10/c1-3-5-6-23(4-2)26(30)37-22-21-36-20-19-35-18-17-34-16-15-33-14-13-32-12-11-31-10-9-27-24(28)7-8-25(27)29/h7-8,23H,3-6,9-22H2,1-2H3. The second-order valence-electron chi connectivity index (χ2n) is 8.25. The van der Waals surface area contributed by atoms with E-state index in [1.165, 1.54) is 12.2 Å². The van der Waals surface area contributed by atoms with Gasteiger partial charge in [0, 0.05) is 12.2 Å². The van der Waals surface area contributed by atoms with Gasteiger partial charge in [-0.2, -0.15) is 0 Å². The lowest BCUT2D eigenvalue weighted by Crippen LogP contribution is -2.33. The van der Waals surface area contributed by atoms with Crippen molar-refractivity contribution in [3.8, 4) is 0 Å². The molecule has 1 aliphatic heterocycles. The summed E-state index contributed by atoms with van der Waals surface area (Å²) >= 11 is 0. The Balaban J connectivity index is 1.73. The maximum absolute atomic E-state index is 12.0. The second-order valence-corrected chi connectivity index (χ2v) is 8.25. The Morgan fingerprint density at radius 2 is 1.08 bits per heavy atom. The van der Waals surface area contributed by atoms with E-state index < -0.39 is 0 Å². The van der Waals surface area contributed by atoms with Crippen LogP contribution in [-0.4, -0.2) is 115 Å². The molecule has 0 saturated carbocycles. The summed E-state index contributed by atoms with van der Waals surface area (Å²) in [5.41, 5.74) is 0. The van der Waals surface area contributed by atoms with Gasteiger partial charge >= 0.3 is 5.97 Å². The van der Waals surface area contributed by atoms with Gasteiger partial charge < -0.3 is 33.2 Å². The van der Waals surface area contributed by atoms with Crippen molar-refractivity contribution in [3.05, 3.63) is 12.2 Å². The molecular formula is C26H45NO10. The topological polar surface area (TPSA) is 119 Å². The summed E-state index contributed by atoms with van der Waals surface area (Å²) in [6.07, 6.45) is 6.32. The molecule has 0 aliphatic carbocycles. The van der Waals surface area contributed by atoms with E-state index in [0.29, 0.717) is 72.7 Å². The minimum atomic E-state index is -0.307. The molecule has 0 aromatic carbocycles. The van der Waals surface area contributed by atoms with E-state index in [-0.39, 0.29) is 43.5 Å². The van der Waals surface area contributed by atoms with Crippen molar-refractivity contribution in [3.63, 3.8) is 0 Å². The van der Waals surface area contributed by atoms with E-state index in [2.05, 4.69) is 6.92 Å². The average molecular weight is 532 g/mol. The van der Waals surface area contributed by atoms with Crippen molar-refractivity contribution in [1.82, 2.24) is 4.90 Å². The van der Waals surface area contributed by atoms with Crippen molar-refractivity contribution >= 4 is 17.8 Å². The highest BCUT2D eigenvalue weighted by molar-refractivity contribution is 6.12. The molecule has 0 spiro atoms. The van der Waals surface area contributed by atoms with Crippen molar-refractivity contribution in [2.75, 3.05) is 92.4 Å². The summed E-state index contributed by atoms with van der Waals surface area (Å²) in [6.45, 7) is 9.72. The number of rotatable bonds is 26. The van der Waals surface area contributed by atoms with E-state index in [9.17, 15) is 14.4 Å². The molecule has 37 heavy (non-hydrogen) atoms. The summed E-state index contributed by atoms with van der Waals surface area (Å²) in [6, 6.07) is 0. The lowest BCUT2D eigenvalue weighted by Gasteiger charge is -2.13. The SMILES string of the molecule is CCCCC(CC)C(=O)OCCOCCOCCOCCOCCOCCOCCN1C(=O)C=CC1=O. The average Bonchev–Trinajstić information content (AvgIpc) is 3.22. The predicted molar refractivity (Wildman–Crippen MR) is 135 cm³/mol. The Morgan fingerprint density at radius 3 is 1.49 bits per heavy atom. The van der Waals surface area contributed by atoms with Crippen molar-refractivity contribution in [2.45, 2.75) is 39.5 Å². The van der Waals surface area contributed by atoms with Crippen LogP contribution in [0.15, 0.2) is 12.2 Å². The van der Waals surface area contributed by atoms with E-state index in [4.69, 9.17) is 33.2 Å². The molecule has 0 N–H and O–H groups in total. The third kappa shape index (κ3) is 17.3. The number of ether oxygens (including phenoxy) is 7. The molecule has 1 heterocycles. The van der Waals surface area contributed by atoms with Crippen LogP contribution < -0.4 is 0 Å². The minimum Gasteiger partial charge on any atom is -0.463 e. The molecule has 1 rings (SSSR count). The maximum atomic E-state index is 12.0. The van der Waals surface area contributed by atoms with Crippen molar-refractivity contribution < 1.29 is 47.5 Å². The quantitative estimate of drug-likeness (QED) is 0.0928. The molecule has 0 bridgehead atoms. The zero-order valence-corrected chi connectivity index (χ0v) is 22.5. The van der Waals surface area contributed by atoms with Gasteiger partial charge in [0.25, 0.3) is 11.8 Å². The van der Waals surface area contributed by atoms with Gasteiger partial charge in [-0.15, -0.1) is 0 Å². The van der Waals surface area contributed by atoms with Gasteiger partial charge in [0.2, 0.25) is 0 Å². The van der Waals surface area contributed by atoms with Crippen LogP contribution in [0.2, 0.25) is 0 Å². The zero-order chi connectivity index (χ0) is 27.0. The van der Waals surface area contributed by atoms with Crippen LogP contribution in [0.5, 0.6) is 0 Å². The molecule has 0 aromatic heterocycles. The zero-order valence-electron chi connectivity index (χ0n) is 22.5. The largest absolute Gasteiger partial charge is 0.463 e. The highest BCUT2D eigenvalue weighted by Crippen LogP contribution is 2.14. The van der Waals surface area contributed by atoms with E-state index in [1.54, 1.807) is 0 Å². The van der Waals surface area contributed by atoms with Gasteiger partial charge in [0.15, 0.2) is 0 Å². The summed E-state index contributed by atoms with van der Waals surface area (Å²) < 4.78 is 37.7. The number of nitrogens with zero attached hydrogens (tertiary/aromatic N) is 1. The van der Waals surface area contributed by atoms with Gasteiger partial charge in [0.1, 0.15) is 6.61 Å². The summed E-state index contributed by atoms with van der Waals surface area (Å²) in [4.78, 5) is 35.8. The molecular weight excluding hydrogens is 486 g/mol. The fraction of sp³-hybridized carbons (Fsp3) is 0.808. The molecule has 0 saturated heterocycles. The first-order valence-electron chi connectivity index (χ1n) is 13.3. The van der Waals surface area contributed by atoms with Crippen LogP contribution >= 0.6 is 0 Å². The van der Waals surface area contributed by atoms with E-state index in [1.807, 2.05) is 6.92 Å². The Morgan fingerprint density at radius 1 is 0.676 bits per heavy atom. The first-order chi connectivity index (χ1) is 18.1. The molecule has 0 aromatic rings. The number of carbonyl (C=O) groups is 3. The highest BCUT2D eigenvalue weighted by atomic mass is 16.6.